The SMILES string of the molecule is C[C@H]1CCc2c(ccc(-c3cnn(C4CCCS(=O)(=O)C4)c3)c2Oc2ccccc2)N1C(=O)C1CC1. The van der Waals surface area contributed by atoms with Crippen LogP contribution in [0.1, 0.15) is 50.6 Å². The number of carbonyl (C=O) groups is 1. The van der Waals surface area contributed by atoms with Crippen molar-refractivity contribution in [2.45, 2.75) is 57.5 Å². The van der Waals surface area contributed by atoms with Gasteiger partial charge < -0.3 is 9.64 Å². The Morgan fingerprint density at radius 2 is 1.86 bits per heavy atom. The summed E-state index contributed by atoms with van der Waals surface area (Å²) in [7, 11) is -3.04. The number of nitrogens with zero attached hydrogens (tertiary/aromatic N) is 3. The van der Waals surface area contributed by atoms with Gasteiger partial charge in [-0.05, 0) is 69.7 Å². The summed E-state index contributed by atoms with van der Waals surface area (Å²) in [5.41, 5.74) is 3.75. The maximum absolute atomic E-state index is 13.2. The summed E-state index contributed by atoms with van der Waals surface area (Å²) in [5, 5.41) is 4.56. The van der Waals surface area contributed by atoms with Crippen LogP contribution >= 0.6 is 0 Å². The highest BCUT2D eigenvalue weighted by atomic mass is 32.2. The second-order valence-electron chi connectivity index (χ2n) is 10.3. The highest BCUT2D eigenvalue weighted by Gasteiger charge is 2.39. The molecule has 3 heterocycles. The van der Waals surface area contributed by atoms with Crippen LogP contribution < -0.4 is 9.64 Å². The zero-order valence-corrected chi connectivity index (χ0v) is 21.3. The van der Waals surface area contributed by atoms with Crippen LogP contribution in [-0.2, 0) is 21.1 Å². The maximum atomic E-state index is 13.2. The predicted molar refractivity (Wildman–Crippen MR) is 139 cm³/mol. The molecule has 1 aliphatic carbocycles. The molecule has 6 rings (SSSR count). The van der Waals surface area contributed by atoms with E-state index in [-0.39, 0.29) is 35.4 Å². The van der Waals surface area contributed by atoms with Crippen molar-refractivity contribution in [3.05, 3.63) is 60.4 Å². The molecule has 3 aromatic rings. The van der Waals surface area contributed by atoms with Gasteiger partial charge in [0, 0.05) is 34.8 Å². The molecular formula is C28H31N3O4S. The van der Waals surface area contributed by atoms with Crippen molar-refractivity contribution in [2.24, 2.45) is 5.92 Å². The zero-order chi connectivity index (χ0) is 24.9. The molecule has 0 bridgehead atoms. The minimum atomic E-state index is -3.04. The summed E-state index contributed by atoms with van der Waals surface area (Å²) in [6, 6.07) is 13.7. The second kappa shape index (κ2) is 9.07. The number of hydrogen-bond acceptors (Lipinski definition) is 5. The van der Waals surface area contributed by atoms with Crippen LogP contribution in [0, 0.1) is 5.92 Å². The standard InChI is InChI=1S/C28H31N3O4S/c1-19-9-12-25-26(31(19)28(32)20-10-11-20)14-13-24(27(25)35-23-7-3-2-4-8-23)21-16-29-30(17-21)22-6-5-15-36(33,34)18-22/h2-4,7-8,13-14,16-17,19-20,22H,5-6,9-12,15,18H2,1H3/t19-,22?/m0/s1. The maximum Gasteiger partial charge on any atom is 0.230 e. The number of para-hydroxylation sites is 1. The molecule has 7 nitrogen and oxygen atoms in total. The van der Waals surface area contributed by atoms with Gasteiger partial charge in [-0.15, -0.1) is 0 Å². The summed E-state index contributed by atoms with van der Waals surface area (Å²) in [6.45, 7) is 2.12. The van der Waals surface area contributed by atoms with Gasteiger partial charge >= 0.3 is 0 Å². The van der Waals surface area contributed by atoms with Gasteiger partial charge in [0.1, 0.15) is 11.5 Å². The molecule has 1 saturated carbocycles. The number of fused-ring (bicyclic) bond motifs is 1. The van der Waals surface area contributed by atoms with Gasteiger partial charge in [0.15, 0.2) is 9.84 Å². The Balaban J connectivity index is 1.42. The Labute approximate surface area is 212 Å². The van der Waals surface area contributed by atoms with E-state index in [9.17, 15) is 13.2 Å². The quantitative estimate of drug-likeness (QED) is 0.478. The molecule has 0 radical (unpaired) electrons. The van der Waals surface area contributed by atoms with Crippen molar-refractivity contribution < 1.29 is 17.9 Å². The first-order valence-corrected chi connectivity index (χ1v) is 14.7. The Hall–Kier alpha value is -3.13. The van der Waals surface area contributed by atoms with Crippen molar-refractivity contribution >= 4 is 21.4 Å². The Kier molecular flexibility index (Phi) is 5.86. The summed E-state index contributed by atoms with van der Waals surface area (Å²) in [6.07, 6.45) is 8.82. The van der Waals surface area contributed by atoms with Crippen LogP contribution in [0.15, 0.2) is 54.9 Å². The minimum absolute atomic E-state index is 0.127. The Morgan fingerprint density at radius 1 is 1.06 bits per heavy atom. The third-order valence-corrected chi connectivity index (χ3v) is 9.40. The van der Waals surface area contributed by atoms with Crippen molar-refractivity contribution in [3.8, 4) is 22.6 Å². The summed E-state index contributed by atoms with van der Waals surface area (Å²) >= 11 is 0. The van der Waals surface area contributed by atoms with Crippen molar-refractivity contribution in [1.82, 2.24) is 9.78 Å². The van der Waals surface area contributed by atoms with Gasteiger partial charge in [-0.1, -0.05) is 18.2 Å². The third-order valence-electron chi connectivity index (χ3n) is 7.60. The van der Waals surface area contributed by atoms with E-state index in [1.165, 1.54) is 0 Å². The van der Waals surface area contributed by atoms with Gasteiger partial charge in [0.25, 0.3) is 0 Å². The molecule has 1 amide bonds. The number of sulfone groups is 1. The number of benzene rings is 2. The molecule has 2 aliphatic heterocycles. The number of hydrogen-bond donors (Lipinski definition) is 0. The normalized spacial score (nSPS) is 23.2. The number of ether oxygens (including phenoxy) is 1. The summed E-state index contributed by atoms with van der Waals surface area (Å²) in [5.74, 6) is 2.22. The molecule has 1 saturated heterocycles. The van der Waals surface area contributed by atoms with Gasteiger partial charge in [-0.25, -0.2) is 8.42 Å². The molecule has 1 aromatic heterocycles. The number of anilines is 1. The van der Waals surface area contributed by atoms with E-state index in [1.54, 1.807) is 10.9 Å². The lowest BCUT2D eigenvalue weighted by molar-refractivity contribution is -0.120. The highest BCUT2D eigenvalue weighted by Crippen LogP contribution is 2.46. The monoisotopic (exact) mass is 505 g/mol. The molecule has 2 fully saturated rings. The molecule has 36 heavy (non-hydrogen) atoms. The van der Waals surface area contributed by atoms with E-state index in [0.717, 1.165) is 66.0 Å². The van der Waals surface area contributed by atoms with Gasteiger partial charge in [0.2, 0.25) is 5.91 Å². The fraction of sp³-hybridized carbons (Fsp3) is 0.429. The van der Waals surface area contributed by atoms with Gasteiger partial charge in [0.05, 0.1) is 29.4 Å². The van der Waals surface area contributed by atoms with Gasteiger partial charge in [-0.2, -0.15) is 5.10 Å². The minimum Gasteiger partial charge on any atom is -0.456 e. The average Bonchev–Trinajstić information content (AvgIpc) is 3.60. The first kappa shape index (κ1) is 23.3. The highest BCUT2D eigenvalue weighted by molar-refractivity contribution is 7.91. The number of rotatable bonds is 5. The van der Waals surface area contributed by atoms with Crippen LogP contribution in [0.5, 0.6) is 11.5 Å². The molecule has 0 spiro atoms. The zero-order valence-electron chi connectivity index (χ0n) is 20.5. The van der Waals surface area contributed by atoms with Crippen LogP contribution in [0.2, 0.25) is 0 Å². The Bertz CT molecular complexity index is 1400. The molecule has 2 aromatic carbocycles. The van der Waals surface area contributed by atoms with Crippen molar-refractivity contribution in [1.29, 1.82) is 0 Å². The van der Waals surface area contributed by atoms with E-state index >= 15 is 0 Å². The molecule has 8 heteroatoms. The van der Waals surface area contributed by atoms with Crippen LogP contribution in [-0.4, -0.2) is 41.7 Å². The average molecular weight is 506 g/mol. The van der Waals surface area contributed by atoms with Crippen LogP contribution in [0.3, 0.4) is 0 Å². The molecule has 3 aliphatic rings. The number of amides is 1. The Morgan fingerprint density at radius 3 is 2.61 bits per heavy atom. The van der Waals surface area contributed by atoms with Gasteiger partial charge in [-0.3, -0.25) is 9.48 Å². The summed E-state index contributed by atoms with van der Waals surface area (Å²) < 4.78 is 32.7. The first-order valence-electron chi connectivity index (χ1n) is 12.9. The molecule has 188 valence electrons. The lowest BCUT2D eigenvalue weighted by atomic mass is 9.92. The topological polar surface area (TPSA) is 81.5 Å². The third kappa shape index (κ3) is 4.43. The molecule has 0 N–H and O–H groups in total. The summed E-state index contributed by atoms with van der Waals surface area (Å²) in [4.78, 5) is 15.2. The number of aromatic nitrogens is 2. The second-order valence-corrected chi connectivity index (χ2v) is 12.6. The largest absolute Gasteiger partial charge is 0.456 e. The van der Waals surface area contributed by atoms with E-state index in [2.05, 4.69) is 12.0 Å². The molecule has 2 atom stereocenters. The fourth-order valence-electron chi connectivity index (χ4n) is 5.50. The smallest absolute Gasteiger partial charge is 0.230 e. The van der Waals surface area contributed by atoms with E-state index in [0.29, 0.717) is 6.42 Å². The molecule has 1 unspecified atom stereocenters. The van der Waals surface area contributed by atoms with Crippen molar-refractivity contribution in [2.75, 3.05) is 16.4 Å². The van der Waals surface area contributed by atoms with E-state index < -0.39 is 9.84 Å². The lowest BCUT2D eigenvalue weighted by Crippen LogP contribution is -2.43. The first-order chi connectivity index (χ1) is 17.4. The number of carbonyl (C=O) groups excluding carboxylic acids is 1. The van der Waals surface area contributed by atoms with E-state index in [4.69, 9.17) is 4.74 Å². The predicted octanol–water partition coefficient (Wildman–Crippen LogP) is 5.17. The fourth-order valence-corrected chi connectivity index (χ4v) is 7.18. The van der Waals surface area contributed by atoms with E-state index in [1.807, 2.05) is 53.6 Å². The van der Waals surface area contributed by atoms with Crippen LogP contribution in [0.4, 0.5) is 5.69 Å². The van der Waals surface area contributed by atoms with Crippen LogP contribution in [0.25, 0.3) is 11.1 Å². The lowest BCUT2D eigenvalue weighted by Gasteiger charge is -2.36. The van der Waals surface area contributed by atoms with Crippen molar-refractivity contribution in [3.63, 3.8) is 0 Å². The molecular weight excluding hydrogens is 474 g/mol.